The molecule has 0 radical (unpaired) electrons. The maximum absolute atomic E-state index is 12.8. The maximum atomic E-state index is 12.8. The van der Waals surface area contributed by atoms with Gasteiger partial charge in [0.05, 0.1) is 18.1 Å². The first-order chi connectivity index (χ1) is 11.8. The van der Waals surface area contributed by atoms with Crippen LogP contribution in [0.3, 0.4) is 0 Å². The van der Waals surface area contributed by atoms with Crippen LogP contribution in [0.5, 0.6) is 0 Å². The third-order valence-electron chi connectivity index (χ3n) is 5.14. The second kappa shape index (κ2) is 6.63. The van der Waals surface area contributed by atoms with Crippen molar-refractivity contribution in [2.45, 2.75) is 27.2 Å². The molecule has 0 unspecified atom stereocenters. The number of hydrogen-bond acceptors (Lipinski definition) is 6. The molecular weight excluding hydrogens is 342 g/mol. The molecule has 1 fully saturated rings. The number of fused-ring (bicyclic) bond motifs is 2. The molecule has 0 saturated heterocycles. The summed E-state index contributed by atoms with van der Waals surface area (Å²) in [5, 5.41) is 14.7. The number of rotatable bonds is 5. The number of carbonyl (C=O) groups excluding carboxylic acids is 3. The molecule has 1 saturated carbocycles. The van der Waals surface area contributed by atoms with Gasteiger partial charge in [-0.25, -0.2) is 4.79 Å². The zero-order valence-electron chi connectivity index (χ0n) is 14.3. The smallest absolute Gasteiger partial charge is 0.341 e. The highest BCUT2D eigenvalue weighted by atomic mass is 32.1. The number of ether oxygens (including phenoxy) is 1. The number of aryl methyl sites for hydroxylation is 1. The van der Waals surface area contributed by atoms with Gasteiger partial charge in [0.1, 0.15) is 5.00 Å². The van der Waals surface area contributed by atoms with Gasteiger partial charge in [-0.2, -0.15) is 0 Å². The van der Waals surface area contributed by atoms with E-state index in [-0.39, 0.29) is 24.3 Å². The summed E-state index contributed by atoms with van der Waals surface area (Å²) < 4.78 is 5.08. The van der Waals surface area contributed by atoms with E-state index in [1.54, 1.807) is 13.8 Å². The van der Waals surface area contributed by atoms with Crippen molar-refractivity contribution < 1.29 is 24.2 Å². The van der Waals surface area contributed by atoms with Crippen molar-refractivity contribution in [3.63, 3.8) is 0 Å². The van der Waals surface area contributed by atoms with Crippen LogP contribution in [0, 0.1) is 37.5 Å². The lowest BCUT2D eigenvalue weighted by Crippen LogP contribution is -2.42. The molecular formula is C18H20NO5S-. The Bertz CT molecular complexity index is 766. The minimum Gasteiger partial charge on any atom is -0.550 e. The number of carboxylic acid groups (broad SMARTS) is 1. The SMILES string of the molecule is CCOC(=O)c1c(NC(=O)[C@@H]2[C@@H](C(=O)[O-])[C@H]3C=C[C@@H]2C3)sc(C)c1C. The fourth-order valence-electron chi connectivity index (χ4n) is 3.86. The first-order valence-corrected chi connectivity index (χ1v) is 9.13. The fourth-order valence-corrected chi connectivity index (χ4v) is 4.91. The molecule has 1 aromatic heterocycles. The van der Waals surface area contributed by atoms with Gasteiger partial charge in [0.25, 0.3) is 0 Å². The lowest BCUT2D eigenvalue weighted by Gasteiger charge is -2.27. The molecule has 0 spiro atoms. The van der Waals surface area contributed by atoms with Gasteiger partial charge >= 0.3 is 5.97 Å². The number of carbonyl (C=O) groups is 3. The Labute approximate surface area is 149 Å². The quantitative estimate of drug-likeness (QED) is 0.635. The van der Waals surface area contributed by atoms with Crippen LogP contribution in [0.4, 0.5) is 5.00 Å². The first kappa shape index (κ1) is 17.7. The van der Waals surface area contributed by atoms with E-state index in [2.05, 4.69) is 5.32 Å². The molecule has 7 heteroatoms. The van der Waals surface area contributed by atoms with Crippen molar-refractivity contribution in [1.29, 1.82) is 0 Å². The number of anilines is 1. The van der Waals surface area contributed by atoms with E-state index in [1.807, 2.05) is 19.1 Å². The minimum atomic E-state index is -1.19. The summed E-state index contributed by atoms with van der Waals surface area (Å²) in [6.07, 6.45) is 4.42. The highest BCUT2D eigenvalue weighted by Crippen LogP contribution is 2.48. The fraction of sp³-hybridized carbons (Fsp3) is 0.500. The van der Waals surface area contributed by atoms with Crippen molar-refractivity contribution in [2.75, 3.05) is 11.9 Å². The molecule has 0 aliphatic heterocycles. The second-order valence-electron chi connectivity index (χ2n) is 6.52. The van der Waals surface area contributed by atoms with E-state index < -0.39 is 23.8 Å². The summed E-state index contributed by atoms with van der Waals surface area (Å²) in [6, 6.07) is 0. The molecule has 1 N–H and O–H groups in total. The van der Waals surface area contributed by atoms with Gasteiger partial charge in [0.2, 0.25) is 5.91 Å². The van der Waals surface area contributed by atoms with Crippen LogP contribution in [0.2, 0.25) is 0 Å². The van der Waals surface area contributed by atoms with Crippen molar-refractivity contribution in [1.82, 2.24) is 0 Å². The summed E-state index contributed by atoms with van der Waals surface area (Å²) in [4.78, 5) is 37.4. The molecule has 2 aliphatic carbocycles. The van der Waals surface area contributed by atoms with E-state index in [9.17, 15) is 19.5 Å². The predicted octanol–water partition coefficient (Wildman–Crippen LogP) is 1.67. The number of carboxylic acids is 1. The van der Waals surface area contributed by atoms with Gasteiger partial charge in [-0.3, -0.25) is 4.79 Å². The molecule has 1 amide bonds. The van der Waals surface area contributed by atoms with Gasteiger partial charge in [0, 0.05) is 16.8 Å². The summed E-state index contributed by atoms with van der Waals surface area (Å²) in [5.74, 6) is -3.79. The topological polar surface area (TPSA) is 95.5 Å². The standard InChI is InChI=1S/C18H21NO5S/c1-4-24-18(23)12-8(2)9(3)25-16(12)19-15(20)13-10-5-6-11(7-10)14(13)17(21)22/h5-6,10-11,13-14H,4,7H2,1-3H3,(H,19,20)(H,21,22)/p-1/t10-,11+,13+,14+/m1/s1. The third-order valence-corrected chi connectivity index (χ3v) is 6.26. The number of esters is 1. The van der Waals surface area contributed by atoms with Gasteiger partial charge in [-0.05, 0) is 44.6 Å². The number of amides is 1. The lowest BCUT2D eigenvalue weighted by atomic mass is 9.82. The molecule has 1 aromatic rings. The number of hydrogen-bond donors (Lipinski definition) is 1. The van der Waals surface area contributed by atoms with E-state index >= 15 is 0 Å². The summed E-state index contributed by atoms with van der Waals surface area (Å²) >= 11 is 1.30. The van der Waals surface area contributed by atoms with Gasteiger partial charge in [-0.1, -0.05) is 12.2 Å². The van der Waals surface area contributed by atoms with Crippen molar-refractivity contribution in [2.24, 2.45) is 23.7 Å². The average Bonchev–Trinajstić information content (AvgIpc) is 3.21. The van der Waals surface area contributed by atoms with Crippen LogP contribution in [0.15, 0.2) is 12.2 Å². The Morgan fingerprint density at radius 2 is 1.88 bits per heavy atom. The van der Waals surface area contributed by atoms with Crippen molar-refractivity contribution in [3.8, 4) is 0 Å². The van der Waals surface area contributed by atoms with Gasteiger partial charge < -0.3 is 20.0 Å². The Morgan fingerprint density at radius 3 is 2.48 bits per heavy atom. The Hall–Kier alpha value is -2.15. The number of aliphatic carboxylic acids is 1. The van der Waals surface area contributed by atoms with E-state index in [1.165, 1.54) is 11.3 Å². The Balaban J connectivity index is 1.87. The second-order valence-corrected chi connectivity index (χ2v) is 7.74. The molecule has 6 nitrogen and oxygen atoms in total. The largest absolute Gasteiger partial charge is 0.550 e. The molecule has 0 aromatic carbocycles. The monoisotopic (exact) mass is 362 g/mol. The predicted molar refractivity (Wildman–Crippen MR) is 91.1 cm³/mol. The van der Waals surface area contributed by atoms with E-state index in [0.29, 0.717) is 17.0 Å². The Morgan fingerprint density at radius 1 is 1.24 bits per heavy atom. The Kier molecular flexibility index (Phi) is 4.69. The number of allylic oxidation sites excluding steroid dienone is 2. The summed E-state index contributed by atoms with van der Waals surface area (Å²) in [7, 11) is 0. The highest BCUT2D eigenvalue weighted by Gasteiger charge is 2.49. The van der Waals surface area contributed by atoms with Gasteiger partial charge in [-0.15, -0.1) is 11.3 Å². The average molecular weight is 362 g/mol. The lowest BCUT2D eigenvalue weighted by molar-refractivity contribution is -0.313. The van der Waals surface area contributed by atoms with Crippen LogP contribution in [-0.2, 0) is 14.3 Å². The van der Waals surface area contributed by atoms with Crippen LogP contribution in [0.1, 0.15) is 34.1 Å². The van der Waals surface area contributed by atoms with Crippen LogP contribution in [0.25, 0.3) is 0 Å². The van der Waals surface area contributed by atoms with Crippen molar-refractivity contribution in [3.05, 3.63) is 28.2 Å². The molecule has 25 heavy (non-hydrogen) atoms. The first-order valence-electron chi connectivity index (χ1n) is 8.32. The van der Waals surface area contributed by atoms with Crippen LogP contribution < -0.4 is 10.4 Å². The molecule has 4 atom stereocenters. The number of thiophene rings is 1. The van der Waals surface area contributed by atoms with Crippen LogP contribution >= 0.6 is 11.3 Å². The van der Waals surface area contributed by atoms with Crippen molar-refractivity contribution >= 4 is 34.2 Å². The van der Waals surface area contributed by atoms with E-state index in [0.717, 1.165) is 10.4 Å². The summed E-state index contributed by atoms with van der Waals surface area (Å²) in [6.45, 7) is 5.63. The molecule has 134 valence electrons. The summed E-state index contributed by atoms with van der Waals surface area (Å²) in [5.41, 5.74) is 1.12. The van der Waals surface area contributed by atoms with Gasteiger partial charge in [0.15, 0.2) is 0 Å². The molecule has 2 bridgehead atoms. The molecule has 2 aliphatic rings. The zero-order chi connectivity index (χ0) is 18.3. The third kappa shape index (κ3) is 2.97. The molecule has 3 rings (SSSR count). The van der Waals surface area contributed by atoms with E-state index in [4.69, 9.17) is 4.74 Å². The highest BCUT2D eigenvalue weighted by molar-refractivity contribution is 7.16. The van der Waals surface area contributed by atoms with Crippen LogP contribution in [-0.4, -0.2) is 24.5 Å². The minimum absolute atomic E-state index is 0.0962. The maximum Gasteiger partial charge on any atom is 0.341 e. The molecule has 1 heterocycles. The normalized spacial score (nSPS) is 26.7. The number of nitrogens with one attached hydrogen (secondary N) is 1. The zero-order valence-corrected chi connectivity index (χ0v) is 15.1.